The van der Waals surface area contributed by atoms with Gasteiger partial charge in [-0.3, -0.25) is 4.79 Å². The molecule has 0 N–H and O–H groups in total. The lowest BCUT2D eigenvalue weighted by Gasteiger charge is -2.43. The Morgan fingerprint density at radius 2 is 1.61 bits per heavy atom. The largest absolute Gasteiger partial charge is 0.342 e. The average molecular weight is 405 g/mol. The van der Waals surface area contributed by atoms with Crippen LogP contribution in [0.25, 0.3) is 0 Å². The number of amides is 1. The summed E-state index contributed by atoms with van der Waals surface area (Å²) in [6.45, 7) is 4.50. The van der Waals surface area contributed by atoms with Crippen molar-refractivity contribution in [3.63, 3.8) is 0 Å². The molecule has 154 valence electrons. The van der Waals surface area contributed by atoms with Gasteiger partial charge in [-0.2, -0.15) is 4.31 Å². The lowest BCUT2D eigenvalue weighted by molar-refractivity contribution is -0.139. The number of hydrogen-bond donors (Lipinski definition) is 0. The summed E-state index contributed by atoms with van der Waals surface area (Å²) < 4.78 is 27.6. The van der Waals surface area contributed by atoms with Gasteiger partial charge in [0.25, 0.3) is 0 Å². The number of sulfonamides is 1. The summed E-state index contributed by atoms with van der Waals surface area (Å²) in [6, 6.07) is 7.00. The normalized spacial score (nSPS) is 29.3. The predicted octanol–water partition coefficient (Wildman–Crippen LogP) is 3.43. The summed E-state index contributed by atoms with van der Waals surface area (Å²) in [5.74, 6) is 1.42. The van der Waals surface area contributed by atoms with Crippen LogP contribution in [0, 0.1) is 24.7 Å². The van der Waals surface area contributed by atoms with Crippen LogP contribution < -0.4 is 0 Å². The molecule has 1 amide bonds. The monoisotopic (exact) mass is 404 g/mol. The Hall–Kier alpha value is -1.40. The van der Waals surface area contributed by atoms with E-state index in [4.69, 9.17) is 0 Å². The fourth-order valence-corrected chi connectivity index (χ4v) is 6.80. The van der Waals surface area contributed by atoms with Gasteiger partial charge in [0.15, 0.2) is 0 Å². The van der Waals surface area contributed by atoms with Gasteiger partial charge < -0.3 is 4.90 Å². The molecule has 0 radical (unpaired) electrons. The molecular formula is C22H32N2O3S. The Kier molecular flexibility index (Phi) is 5.79. The first kappa shape index (κ1) is 19.9. The second-order valence-corrected chi connectivity index (χ2v) is 10.8. The smallest absolute Gasteiger partial charge is 0.243 e. The summed E-state index contributed by atoms with van der Waals surface area (Å²) >= 11 is 0. The molecule has 0 bridgehead atoms. The van der Waals surface area contributed by atoms with Crippen LogP contribution in [0.5, 0.6) is 0 Å². The Morgan fingerprint density at radius 1 is 0.893 bits per heavy atom. The lowest BCUT2D eigenvalue weighted by Crippen LogP contribution is -2.50. The lowest BCUT2D eigenvalue weighted by atomic mass is 9.75. The molecule has 1 aromatic carbocycles. The molecule has 2 saturated heterocycles. The molecule has 1 aliphatic carbocycles. The number of nitrogens with zero attached hydrogens (tertiary/aromatic N) is 2. The van der Waals surface area contributed by atoms with Gasteiger partial charge in [-0.15, -0.1) is 0 Å². The van der Waals surface area contributed by atoms with E-state index < -0.39 is 10.0 Å². The fraction of sp³-hybridized carbons (Fsp3) is 0.682. The Labute approximate surface area is 169 Å². The highest BCUT2D eigenvalue weighted by atomic mass is 32.2. The Balaban J connectivity index is 1.43. The van der Waals surface area contributed by atoms with Crippen molar-refractivity contribution in [2.75, 3.05) is 26.2 Å². The number of benzene rings is 1. The number of likely N-dealkylation sites (tertiary alicyclic amines) is 1. The zero-order chi connectivity index (χ0) is 19.7. The SMILES string of the molecule is Cc1ccc(S(=O)(=O)N2CCC[C@H](C(=O)N3CC[C@@H]4CCCC[C@@H]4C3)C2)cc1. The molecule has 3 atom stereocenters. The van der Waals surface area contributed by atoms with Gasteiger partial charge in [0.05, 0.1) is 10.8 Å². The van der Waals surface area contributed by atoms with Crippen LogP contribution in [0.1, 0.15) is 50.5 Å². The van der Waals surface area contributed by atoms with E-state index in [9.17, 15) is 13.2 Å². The van der Waals surface area contributed by atoms with Gasteiger partial charge in [0.1, 0.15) is 0 Å². The highest BCUT2D eigenvalue weighted by Gasteiger charge is 2.38. The van der Waals surface area contributed by atoms with E-state index in [1.165, 1.54) is 30.0 Å². The zero-order valence-corrected chi connectivity index (χ0v) is 17.7. The summed E-state index contributed by atoms with van der Waals surface area (Å²) in [5, 5.41) is 0. The van der Waals surface area contributed by atoms with E-state index in [0.29, 0.717) is 23.9 Å². The first-order chi connectivity index (χ1) is 13.4. The van der Waals surface area contributed by atoms with E-state index in [0.717, 1.165) is 43.8 Å². The van der Waals surface area contributed by atoms with Crippen molar-refractivity contribution in [1.82, 2.24) is 9.21 Å². The van der Waals surface area contributed by atoms with Gasteiger partial charge in [-0.1, -0.05) is 37.0 Å². The minimum absolute atomic E-state index is 0.174. The first-order valence-corrected chi connectivity index (χ1v) is 12.2. The molecule has 3 aliphatic rings. The molecule has 2 heterocycles. The molecule has 0 aromatic heterocycles. The maximum atomic E-state index is 13.2. The molecule has 28 heavy (non-hydrogen) atoms. The van der Waals surface area contributed by atoms with Crippen LogP contribution in [0.15, 0.2) is 29.2 Å². The second kappa shape index (κ2) is 8.15. The number of rotatable bonds is 3. The van der Waals surface area contributed by atoms with Crippen molar-refractivity contribution in [1.29, 1.82) is 0 Å². The number of hydrogen-bond acceptors (Lipinski definition) is 3. The number of aryl methyl sites for hydroxylation is 1. The second-order valence-electron chi connectivity index (χ2n) is 8.89. The van der Waals surface area contributed by atoms with E-state index in [-0.39, 0.29) is 11.8 Å². The molecule has 1 saturated carbocycles. The standard InChI is InChI=1S/C22H32N2O3S/c1-17-8-10-21(11-9-17)28(26,27)24-13-4-7-20(16-24)22(25)23-14-12-18-5-2-3-6-19(18)15-23/h8-11,18-20H,2-7,12-16H2,1H3/t18-,19+,20-/m0/s1. The maximum absolute atomic E-state index is 13.2. The van der Waals surface area contributed by atoms with E-state index in [1.807, 2.05) is 24.0 Å². The minimum Gasteiger partial charge on any atom is -0.342 e. The van der Waals surface area contributed by atoms with Crippen molar-refractivity contribution in [3.05, 3.63) is 29.8 Å². The van der Waals surface area contributed by atoms with Crippen LogP contribution in [0.3, 0.4) is 0 Å². The zero-order valence-electron chi connectivity index (χ0n) is 16.8. The van der Waals surface area contributed by atoms with Gasteiger partial charge in [-0.25, -0.2) is 8.42 Å². The summed E-state index contributed by atoms with van der Waals surface area (Å²) in [6.07, 6.45) is 7.85. The number of carbonyl (C=O) groups is 1. The van der Waals surface area contributed by atoms with Crippen LogP contribution >= 0.6 is 0 Å². The van der Waals surface area contributed by atoms with E-state index >= 15 is 0 Å². The van der Waals surface area contributed by atoms with Crippen LogP contribution in [0.4, 0.5) is 0 Å². The molecule has 3 fully saturated rings. The van der Waals surface area contributed by atoms with Crippen LogP contribution in [0.2, 0.25) is 0 Å². The Morgan fingerprint density at radius 3 is 2.36 bits per heavy atom. The highest BCUT2D eigenvalue weighted by molar-refractivity contribution is 7.89. The summed E-state index contributed by atoms with van der Waals surface area (Å²) in [4.78, 5) is 15.6. The molecule has 4 rings (SSSR count). The molecular weight excluding hydrogens is 372 g/mol. The van der Waals surface area contributed by atoms with E-state index in [2.05, 4.69) is 0 Å². The van der Waals surface area contributed by atoms with Gasteiger partial charge in [0, 0.05) is 26.2 Å². The highest BCUT2D eigenvalue weighted by Crippen LogP contribution is 2.37. The molecule has 2 aliphatic heterocycles. The fourth-order valence-electron chi connectivity index (χ4n) is 5.28. The quantitative estimate of drug-likeness (QED) is 0.775. The van der Waals surface area contributed by atoms with Gasteiger partial charge >= 0.3 is 0 Å². The third-order valence-corrected chi connectivity index (χ3v) is 8.87. The third kappa shape index (κ3) is 3.99. The van der Waals surface area contributed by atoms with Crippen molar-refractivity contribution in [3.8, 4) is 0 Å². The molecule has 0 spiro atoms. The van der Waals surface area contributed by atoms with Crippen LogP contribution in [-0.4, -0.2) is 49.7 Å². The number of piperidine rings is 2. The average Bonchev–Trinajstić information content (AvgIpc) is 2.73. The van der Waals surface area contributed by atoms with Crippen molar-refractivity contribution >= 4 is 15.9 Å². The van der Waals surface area contributed by atoms with Crippen molar-refractivity contribution in [2.45, 2.75) is 56.8 Å². The molecule has 1 aromatic rings. The summed E-state index contributed by atoms with van der Waals surface area (Å²) in [5.41, 5.74) is 1.04. The summed E-state index contributed by atoms with van der Waals surface area (Å²) in [7, 11) is -3.53. The molecule has 5 nitrogen and oxygen atoms in total. The van der Waals surface area contributed by atoms with Crippen LogP contribution in [-0.2, 0) is 14.8 Å². The first-order valence-electron chi connectivity index (χ1n) is 10.8. The van der Waals surface area contributed by atoms with E-state index in [1.54, 1.807) is 12.1 Å². The topological polar surface area (TPSA) is 57.7 Å². The van der Waals surface area contributed by atoms with Crippen molar-refractivity contribution in [2.24, 2.45) is 17.8 Å². The minimum atomic E-state index is -3.53. The Bertz CT molecular complexity index is 806. The third-order valence-electron chi connectivity index (χ3n) is 6.99. The van der Waals surface area contributed by atoms with Gasteiger partial charge in [0.2, 0.25) is 15.9 Å². The number of carbonyl (C=O) groups excluding carboxylic acids is 1. The van der Waals surface area contributed by atoms with Crippen molar-refractivity contribution < 1.29 is 13.2 Å². The molecule has 6 heteroatoms. The predicted molar refractivity (Wildman–Crippen MR) is 109 cm³/mol. The molecule has 0 unspecified atom stereocenters. The van der Waals surface area contributed by atoms with Gasteiger partial charge in [-0.05, 0) is 56.6 Å². The number of fused-ring (bicyclic) bond motifs is 1. The maximum Gasteiger partial charge on any atom is 0.243 e.